The summed E-state index contributed by atoms with van der Waals surface area (Å²) < 4.78 is 0. The molecule has 1 heteroatoms. The van der Waals surface area contributed by atoms with E-state index in [1.807, 2.05) is 0 Å². The molecule has 1 aliphatic heterocycles. The van der Waals surface area contributed by atoms with E-state index in [0.29, 0.717) is 0 Å². The molecule has 0 aromatic carbocycles. The second-order valence-corrected chi connectivity index (χ2v) is 5.39. The summed E-state index contributed by atoms with van der Waals surface area (Å²) >= 11 is 0. The van der Waals surface area contributed by atoms with E-state index in [9.17, 15) is 0 Å². The second-order valence-electron chi connectivity index (χ2n) is 5.39. The summed E-state index contributed by atoms with van der Waals surface area (Å²) in [4.78, 5) is 2.58. The zero-order chi connectivity index (χ0) is 12.2. The molecule has 1 aliphatic rings. The molecule has 0 radical (unpaired) electrons. The molecule has 0 atom stereocenters. The Morgan fingerprint density at radius 1 is 0.824 bits per heavy atom. The first-order valence-electron chi connectivity index (χ1n) is 7.81. The molecule has 1 fully saturated rings. The van der Waals surface area contributed by atoms with Crippen molar-refractivity contribution in [3.05, 3.63) is 12.2 Å². The average Bonchev–Trinajstić information content (AvgIpc) is 2.38. The minimum atomic E-state index is 1.19. The average molecular weight is 237 g/mol. The van der Waals surface area contributed by atoms with E-state index in [4.69, 9.17) is 0 Å². The van der Waals surface area contributed by atoms with Gasteiger partial charge in [0.05, 0.1) is 0 Å². The Balaban J connectivity index is 1.84. The number of nitrogens with zero attached hydrogens (tertiary/aromatic N) is 1. The highest BCUT2D eigenvalue weighted by Crippen LogP contribution is 2.09. The first kappa shape index (κ1) is 14.8. The van der Waals surface area contributed by atoms with E-state index < -0.39 is 0 Å². The highest BCUT2D eigenvalue weighted by atomic mass is 15.1. The maximum Gasteiger partial charge on any atom is 0.0163 e. The van der Waals surface area contributed by atoms with Crippen LogP contribution < -0.4 is 0 Å². The Hall–Kier alpha value is -0.300. The number of hydrogen-bond acceptors (Lipinski definition) is 1. The van der Waals surface area contributed by atoms with Gasteiger partial charge in [-0.3, -0.25) is 4.90 Å². The van der Waals surface area contributed by atoms with Crippen molar-refractivity contribution in [2.24, 2.45) is 0 Å². The number of likely N-dealkylation sites (tertiary alicyclic amines) is 1. The van der Waals surface area contributed by atoms with Gasteiger partial charge < -0.3 is 0 Å². The summed E-state index contributed by atoms with van der Waals surface area (Å²) in [5.41, 5.74) is 0. The lowest BCUT2D eigenvalue weighted by Crippen LogP contribution is -2.29. The van der Waals surface area contributed by atoms with Crippen molar-refractivity contribution in [3.63, 3.8) is 0 Å². The third-order valence-corrected chi connectivity index (χ3v) is 3.70. The van der Waals surface area contributed by atoms with Crippen LogP contribution in [-0.4, -0.2) is 24.5 Å². The largest absolute Gasteiger partial charge is 0.300 e. The van der Waals surface area contributed by atoms with Gasteiger partial charge in [0.2, 0.25) is 0 Å². The molecule has 0 amide bonds. The van der Waals surface area contributed by atoms with Crippen molar-refractivity contribution >= 4 is 0 Å². The lowest BCUT2D eigenvalue weighted by molar-refractivity contribution is 0.251. The summed E-state index contributed by atoms with van der Waals surface area (Å²) in [6.45, 7) is 6.11. The number of rotatable bonds is 9. The molecule has 0 spiro atoms. The fourth-order valence-electron chi connectivity index (χ4n) is 2.53. The van der Waals surface area contributed by atoms with Gasteiger partial charge in [0.25, 0.3) is 0 Å². The third-order valence-electron chi connectivity index (χ3n) is 3.70. The highest BCUT2D eigenvalue weighted by Gasteiger charge is 2.06. The van der Waals surface area contributed by atoms with Gasteiger partial charge in [0.1, 0.15) is 0 Å². The summed E-state index contributed by atoms with van der Waals surface area (Å²) in [5, 5.41) is 0. The smallest absolute Gasteiger partial charge is 0.0163 e. The van der Waals surface area contributed by atoms with Crippen molar-refractivity contribution in [2.45, 2.75) is 71.1 Å². The molecular weight excluding hydrogens is 206 g/mol. The van der Waals surface area contributed by atoms with Gasteiger partial charge in [-0.1, -0.05) is 57.6 Å². The minimum absolute atomic E-state index is 1.19. The van der Waals surface area contributed by atoms with E-state index in [0.717, 1.165) is 0 Å². The first-order valence-corrected chi connectivity index (χ1v) is 7.81. The molecule has 0 aromatic rings. The first-order chi connectivity index (χ1) is 8.43. The van der Waals surface area contributed by atoms with Crippen LogP contribution in [-0.2, 0) is 0 Å². The minimum Gasteiger partial charge on any atom is -0.300 e. The van der Waals surface area contributed by atoms with Crippen LogP contribution in [0.25, 0.3) is 0 Å². The molecule has 0 saturated carbocycles. The molecule has 0 aromatic heterocycles. The van der Waals surface area contributed by atoms with Crippen molar-refractivity contribution in [1.82, 2.24) is 4.90 Å². The standard InChI is InChI=1S/C16H31N/c1-2-3-4-5-6-7-8-9-11-14-17-15-12-10-13-16-17/h9,11H,2-8,10,12-16H2,1H3/b11-9-. The Morgan fingerprint density at radius 3 is 2.29 bits per heavy atom. The van der Waals surface area contributed by atoms with Gasteiger partial charge in [-0.25, -0.2) is 0 Å². The van der Waals surface area contributed by atoms with Crippen molar-refractivity contribution in [1.29, 1.82) is 0 Å². The van der Waals surface area contributed by atoms with Crippen LogP contribution in [0, 0.1) is 0 Å². The van der Waals surface area contributed by atoms with Crippen LogP contribution in [0.1, 0.15) is 71.1 Å². The Morgan fingerprint density at radius 2 is 1.53 bits per heavy atom. The van der Waals surface area contributed by atoms with Crippen LogP contribution in [0.3, 0.4) is 0 Å². The fraction of sp³-hybridized carbons (Fsp3) is 0.875. The van der Waals surface area contributed by atoms with Crippen molar-refractivity contribution in [2.75, 3.05) is 19.6 Å². The molecule has 0 bridgehead atoms. The van der Waals surface area contributed by atoms with Gasteiger partial charge in [0.15, 0.2) is 0 Å². The zero-order valence-corrected chi connectivity index (χ0v) is 11.8. The van der Waals surface area contributed by atoms with Crippen molar-refractivity contribution < 1.29 is 0 Å². The second kappa shape index (κ2) is 10.8. The summed E-state index contributed by atoms with van der Waals surface area (Å²) in [7, 11) is 0. The monoisotopic (exact) mass is 237 g/mol. The summed E-state index contributed by atoms with van der Waals surface area (Å²) in [5.74, 6) is 0. The fourth-order valence-corrected chi connectivity index (χ4v) is 2.53. The van der Waals surface area contributed by atoms with E-state index >= 15 is 0 Å². The Bertz CT molecular complexity index is 180. The summed E-state index contributed by atoms with van der Waals surface area (Å²) in [6.07, 6.45) is 18.8. The Kier molecular flexibility index (Phi) is 9.40. The Labute approximate surface area is 108 Å². The lowest BCUT2D eigenvalue weighted by atomic mass is 10.1. The topological polar surface area (TPSA) is 3.24 Å². The van der Waals surface area contributed by atoms with Gasteiger partial charge in [-0.2, -0.15) is 0 Å². The van der Waals surface area contributed by atoms with Gasteiger partial charge in [0, 0.05) is 6.54 Å². The number of allylic oxidation sites excluding steroid dienone is 1. The SMILES string of the molecule is CCCCCCCC/C=C\CN1CCCCC1. The van der Waals surface area contributed by atoms with Gasteiger partial charge >= 0.3 is 0 Å². The zero-order valence-electron chi connectivity index (χ0n) is 11.8. The normalized spacial score (nSPS) is 17.9. The molecule has 17 heavy (non-hydrogen) atoms. The number of hydrogen-bond donors (Lipinski definition) is 0. The molecular formula is C16H31N. The van der Waals surface area contributed by atoms with Crippen LogP contribution >= 0.6 is 0 Å². The quantitative estimate of drug-likeness (QED) is 0.412. The third kappa shape index (κ3) is 8.43. The predicted octanol–water partition coefficient (Wildman–Crippen LogP) is 4.78. The predicted molar refractivity (Wildman–Crippen MR) is 77.4 cm³/mol. The maximum atomic E-state index is 2.58. The molecule has 100 valence electrons. The van der Waals surface area contributed by atoms with Crippen LogP contribution in [0.4, 0.5) is 0 Å². The molecule has 1 nitrogen and oxygen atoms in total. The van der Waals surface area contributed by atoms with Crippen LogP contribution in [0.2, 0.25) is 0 Å². The highest BCUT2D eigenvalue weighted by molar-refractivity contribution is 4.85. The molecule has 1 saturated heterocycles. The van der Waals surface area contributed by atoms with Gasteiger partial charge in [-0.05, 0) is 38.8 Å². The van der Waals surface area contributed by atoms with Crippen molar-refractivity contribution in [3.8, 4) is 0 Å². The van der Waals surface area contributed by atoms with Gasteiger partial charge in [-0.15, -0.1) is 0 Å². The number of piperidine rings is 1. The lowest BCUT2D eigenvalue weighted by Gasteiger charge is -2.24. The van der Waals surface area contributed by atoms with Crippen LogP contribution in [0.15, 0.2) is 12.2 Å². The summed E-state index contributed by atoms with van der Waals surface area (Å²) in [6, 6.07) is 0. The van der Waals surface area contributed by atoms with E-state index in [1.54, 1.807) is 0 Å². The van der Waals surface area contributed by atoms with E-state index in [1.165, 1.54) is 83.8 Å². The van der Waals surface area contributed by atoms with E-state index in [2.05, 4.69) is 24.0 Å². The van der Waals surface area contributed by atoms with Crippen LogP contribution in [0.5, 0.6) is 0 Å². The maximum absolute atomic E-state index is 2.58. The molecule has 0 aliphatic carbocycles. The molecule has 1 rings (SSSR count). The van der Waals surface area contributed by atoms with E-state index in [-0.39, 0.29) is 0 Å². The molecule has 0 N–H and O–H groups in total. The molecule has 0 unspecified atom stereocenters. The number of unbranched alkanes of at least 4 members (excludes halogenated alkanes) is 6. The molecule has 1 heterocycles.